The number of nitrogens with one attached hydrogen (secondary N) is 1. The molecule has 0 unspecified atom stereocenters. The van der Waals surface area contributed by atoms with E-state index in [2.05, 4.69) is 5.32 Å². The van der Waals surface area contributed by atoms with E-state index in [0.717, 1.165) is 0 Å². The van der Waals surface area contributed by atoms with Gasteiger partial charge < -0.3 is 20.2 Å². The van der Waals surface area contributed by atoms with Gasteiger partial charge in [0.2, 0.25) is 0 Å². The molecule has 80 valence electrons. The fourth-order valence-electron chi connectivity index (χ4n) is 0.436. The Morgan fingerprint density at radius 3 is 2.00 bits per heavy atom. The van der Waals surface area contributed by atoms with E-state index in [1.807, 2.05) is 14.1 Å². The second-order valence-electron chi connectivity index (χ2n) is 2.39. The third kappa shape index (κ3) is 24.5. The minimum absolute atomic E-state index is 0.0274. The number of hydrogen-bond acceptors (Lipinski definition) is 3. The van der Waals surface area contributed by atoms with Crippen LogP contribution in [0.2, 0.25) is 0 Å². The summed E-state index contributed by atoms with van der Waals surface area (Å²) in [7, 11) is -0.235. The summed E-state index contributed by atoms with van der Waals surface area (Å²) in [4.78, 5) is 26.3. The highest BCUT2D eigenvalue weighted by molar-refractivity contribution is 7.51. The number of rotatable bonds is 4. The molecule has 0 aromatic carbocycles. The number of carbonyl (C=O) groups is 1. The van der Waals surface area contributed by atoms with E-state index in [1.165, 1.54) is 0 Å². The molecule has 7 heteroatoms. The van der Waals surface area contributed by atoms with Crippen LogP contribution in [0.1, 0.15) is 12.8 Å². The van der Waals surface area contributed by atoms with E-state index in [4.69, 9.17) is 14.9 Å². The molecule has 0 saturated carbocycles. The van der Waals surface area contributed by atoms with Gasteiger partial charge in [0.25, 0.3) is 0 Å². The van der Waals surface area contributed by atoms with Gasteiger partial charge in [0.05, 0.1) is 6.16 Å². The lowest BCUT2D eigenvalue weighted by Crippen LogP contribution is -1.96. The molecule has 0 aliphatic rings. The van der Waals surface area contributed by atoms with Gasteiger partial charge in [-0.15, -0.1) is 0 Å². The van der Waals surface area contributed by atoms with Crippen LogP contribution in [0, 0.1) is 0 Å². The highest BCUT2D eigenvalue weighted by Gasteiger charge is 2.12. The van der Waals surface area contributed by atoms with Crippen LogP contribution in [0.25, 0.3) is 0 Å². The molecule has 0 radical (unpaired) electrons. The molecule has 0 aliphatic heterocycles. The Morgan fingerprint density at radius 2 is 1.77 bits per heavy atom. The average molecular weight is 213 g/mol. The third-order valence-corrected chi connectivity index (χ3v) is 1.74. The Labute approximate surface area is 77.1 Å². The third-order valence-electron chi connectivity index (χ3n) is 0.840. The summed E-state index contributed by atoms with van der Waals surface area (Å²) >= 11 is 0. The van der Waals surface area contributed by atoms with Crippen LogP contribution in [0.5, 0.6) is 0 Å². The Morgan fingerprint density at radius 1 is 1.38 bits per heavy atom. The molecule has 0 rings (SSSR count). The molecule has 4 N–H and O–H groups in total. The predicted octanol–water partition coefficient (Wildman–Crippen LogP) is -0.136. The van der Waals surface area contributed by atoms with Crippen molar-refractivity contribution in [3.05, 3.63) is 0 Å². The van der Waals surface area contributed by atoms with Crippen molar-refractivity contribution in [1.82, 2.24) is 5.32 Å². The van der Waals surface area contributed by atoms with Crippen molar-refractivity contribution in [2.24, 2.45) is 0 Å². The Hall–Kier alpha value is -0.420. The van der Waals surface area contributed by atoms with Crippen LogP contribution >= 0.6 is 7.60 Å². The molecule has 0 aliphatic carbocycles. The fraction of sp³-hybridized carbons (Fsp3) is 0.833. The highest BCUT2D eigenvalue weighted by Crippen LogP contribution is 2.35. The molecule has 6 nitrogen and oxygen atoms in total. The first kappa shape index (κ1) is 15.1. The summed E-state index contributed by atoms with van der Waals surface area (Å²) < 4.78 is 10.1. The first-order valence-corrected chi connectivity index (χ1v) is 5.48. The lowest BCUT2D eigenvalue weighted by molar-refractivity contribution is -0.137. The van der Waals surface area contributed by atoms with Gasteiger partial charge in [-0.25, -0.2) is 0 Å². The lowest BCUT2D eigenvalue weighted by Gasteiger charge is -1.99. The first-order valence-electron chi connectivity index (χ1n) is 3.68. The summed E-state index contributed by atoms with van der Waals surface area (Å²) in [5.74, 6) is -1.03. The van der Waals surface area contributed by atoms with Gasteiger partial charge >= 0.3 is 13.6 Å². The summed E-state index contributed by atoms with van der Waals surface area (Å²) in [6.45, 7) is 0. The molecule has 0 heterocycles. The molecule has 0 spiro atoms. The van der Waals surface area contributed by atoms with Crippen molar-refractivity contribution in [3.63, 3.8) is 0 Å². The number of carboxylic acid groups (broad SMARTS) is 1. The average Bonchev–Trinajstić information content (AvgIpc) is 1.84. The van der Waals surface area contributed by atoms with Gasteiger partial charge in [0.15, 0.2) is 0 Å². The largest absolute Gasteiger partial charge is 0.481 e. The van der Waals surface area contributed by atoms with Crippen molar-refractivity contribution in [1.29, 1.82) is 0 Å². The zero-order valence-corrected chi connectivity index (χ0v) is 8.62. The summed E-state index contributed by atoms with van der Waals surface area (Å²) in [6, 6.07) is 0. The van der Waals surface area contributed by atoms with E-state index in [9.17, 15) is 9.36 Å². The molecule has 0 bridgehead atoms. The minimum Gasteiger partial charge on any atom is -0.481 e. The van der Waals surface area contributed by atoms with Gasteiger partial charge in [-0.1, -0.05) is 0 Å². The minimum atomic E-state index is -3.99. The van der Waals surface area contributed by atoms with Crippen LogP contribution in [-0.2, 0) is 9.36 Å². The van der Waals surface area contributed by atoms with Crippen molar-refractivity contribution >= 4 is 13.6 Å². The van der Waals surface area contributed by atoms with E-state index in [1.54, 1.807) is 0 Å². The zero-order valence-electron chi connectivity index (χ0n) is 7.73. The van der Waals surface area contributed by atoms with Crippen molar-refractivity contribution in [2.75, 3.05) is 20.3 Å². The Kier molecular flexibility index (Phi) is 9.50. The topological polar surface area (TPSA) is 107 Å². The lowest BCUT2D eigenvalue weighted by atomic mass is 10.3. The van der Waals surface area contributed by atoms with Gasteiger partial charge in [0, 0.05) is 6.42 Å². The molecule has 0 atom stereocenters. The Bertz CT molecular complexity index is 178. The predicted molar refractivity (Wildman–Crippen MR) is 48.8 cm³/mol. The van der Waals surface area contributed by atoms with Gasteiger partial charge in [-0.2, -0.15) is 0 Å². The smallest absolute Gasteiger partial charge is 0.325 e. The van der Waals surface area contributed by atoms with Crippen LogP contribution in [0.15, 0.2) is 0 Å². The van der Waals surface area contributed by atoms with Crippen molar-refractivity contribution < 1.29 is 24.3 Å². The van der Waals surface area contributed by atoms with Gasteiger partial charge in [-0.05, 0) is 20.5 Å². The maximum Gasteiger partial charge on any atom is 0.325 e. The summed E-state index contributed by atoms with van der Waals surface area (Å²) in [6.07, 6.45) is -0.510. The first-order chi connectivity index (χ1) is 5.83. The SMILES string of the molecule is CNC.O=C(O)CCCP(=O)(O)O. The van der Waals surface area contributed by atoms with Crippen LogP contribution < -0.4 is 5.32 Å². The quantitative estimate of drug-likeness (QED) is 0.484. The van der Waals surface area contributed by atoms with Crippen LogP contribution in [0.4, 0.5) is 0 Å². The molecule has 0 aromatic heterocycles. The summed E-state index contributed by atoms with van der Waals surface area (Å²) in [5, 5.41) is 10.8. The molecule has 0 aromatic rings. The van der Waals surface area contributed by atoms with E-state index >= 15 is 0 Å². The van der Waals surface area contributed by atoms with E-state index in [-0.39, 0.29) is 19.0 Å². The number of aliphatic carboxylic acids is 1. The molecular weight excluding hydrogens is 197 g/mol. The monoisotopic (exact) mass is 213 g/mol. The standard InChI is InChI=1S/C4H9O5P.C2H7N/c5-4(6)2-1-3-10(7,8)9;1-3-2/h1-3H2,(H,5,6)(H2,7,8,9);3H,1-2H3. The molecule has 0 fully saturated rings. The van der Waals surface area contributed by atoms with Crippen molar-refractivity contribution in [3.8, 4) is 0 Å². The second kappa shape index (κ2) is 8.19. The molecule has 0 amide bonds. The van der Waals surface area contributed by atoms with E-state index < -0.39 is 13.6 Å². The fourth-order valence-corrected chi connectivity index (χ4v) is 1.01. The van der Waals surface area contributed by atoms with E-state index in [0.29, 0.717) is 0 Å². The zero-order chi connectivity index (χ0) is 10.9. The highest BCUT2D eigenvalue weighted by atomic mass is 31.2. The normalized spacial score (nSPS) is 10.2. The Balaban J connectivity index is 0. The van der Waals surface area contributed by atoms with Gasteiger partial charge in [-0.3, -0.25) is 9.36 Å². The van der Waals surface area contributed by atoms with Crippen molar-refractivity contribution in [2.45, 2.75) is 12.8 Å². The van der Waals surface area contributed by atoms with Crippen LogP contribution in [0.3, 0.4) is 0 Å². The maximum absolute atomic E-state index is 10.1. The molecule has 13 heavy (non-hydrogen) atoms. The number of carboxylic acids is 1. The number of hydrogen-bond donors (Lipinski definition) is 4. The van der Waals surface area contributed by atoms with Crippen LogP contribution in [-0.4, -0.2) is 41.1 Å². The second-order valence-corrected chi connectivity index (χ2v) is 4.16. The summed E-state index contributed by atoms with van der Waals surface area (Å²) in [5.41, 5.74) is 0. The molecular formula is C6H16NO5P. The maximum atomic E-state index is 10.1. The van der Waals surface area contributed by atoms with Gasteiger partial charge in [0.1, 0.15) is 0 Å². The molecule has 0 saturated heterocycles.